The predicted molar refractivity (Wildman–Crippen MR) is 70.4 cm³/mol. The fraction of sp³-hybridized carbons (Fsp3) is 0.667. The van der Waals surface area contributed by atoms with E-state index in [0.717, 1.165) is 31.6 Å². The average molecular weight is 253 g/mol. The molecular weight excluding hydrogens is 234 g/mol. The van der Waals surface area contributed by atoms with Crippen molar-refractivity contribution in [3.05, 3.63) is 11.8 Å². The molecule has 1 aromatic rings. The van der Waals surface area contributed by atoms with Crippen LogP contribution in [0.1, 0.15) is 32.4 Å². The predicted octanol–water partition coefficient (Wildman–Crippen LogP) is 2.43. The second-order valence-corrected chi connectivity index (χ2v) is 5.04. The van der Waals surface area contributed by atoms with E-state index in [1.54, 1.807) is 0 Å². The molecule has 4 nitrogen and oxygen atoms in total. The van der Waals surface area contributed by atoms with Gasteiger partial charge in [0, 0.05) is 13.1 Å². The lowest BCUT2D eigenvalue weighted by Crippen LogP contribution is -2.25. The van der Waals surface area contributed by atoms with Crippen molar-refractivity contribution in [3.63, 3.8) is 0 Å². The molecule has 0 fully saturated rings. The van der Waals surface area contributed by atoms with Crippen LogP contribution >= 0.6 is 11.7 Å². The average Bonchev–Trinajstić information content (AvgIpc) is 2.77. The van der Waals surface area contributed by atoms with E-state index in [4.69, 9.17) is 4.74 Å². The van der Waals surface area contributed by atoms with E-state index in [-0.39, 0.29) is 6.10 Å². The number of ether oxygens (including phenoxy) is 1. The summed E-state index contributed by atoms with van der Waals surface area (Å²) < 4.78 is 14.4. The van der Waals surface area contributed by atoms with Crippen molar-refractivity contribution in [3.8, 4) is 5.88 Å². The van der Waals surface area contributed by atoms with Crippen molar-refractivity contribution < 1.29 is 4.74 Å². The molecule has 1 aliphatic rings. The van der Waals surface area contributed by atoms with Gasteiger partial charge in [-0.1, -0.05) is 13.0 Å². The maximum Gasteiger partial charge on any atom is 0.253 e. The van der Waals surface area contributed by atoms with E-state index >= 15 is 0 Å². The van der Waals surface area contributed by atoms with Gasteiger partial charge in [0.2, 0.25) is 0 Å². The van der Waals surface area contributed by atoms with Gasteiger partial charge in [-0.15, -0.1) is 4.37 Å². The van der Waals surface area contributed by atoms with Crippen LogP contribution in [-0.2, 0) is 0 Å². The first-order chi connectivity index (χ1) is 8.20. The third kappa shape index (κ3) is 3.04. The Hall–Kier alpha value is -0.940. The van der Waals surface area contributed by atoms with Crippen LogP contribution in [0.3, 0.4) is 0 Å². The van der Waals surface area contributed by atoms with Gasteiger partial charge in [0.25, 0.3) is 5.88 Å². The van der Waals surface area contributed by atoms with Crippen LogP contribution in [0.5, 0.6) is 5.88 Å². The van der Waals surface area contributed by atoms with Crippen molar-refractivity contribution in [1.29, 1.82) is 0 Å². The Morgan fingerprint density at radius 1 is 1.53 bits per heavy atom. The lowest BCUT2D eigenvalue weighted by atomic mass is 10.1. The van der Waals surface area contributed by atoms with Gasteiger partial charge in [-0.2, -0.15) is 4.37 Å². The van der Waals surface area contributed by atoms with Gasteiger partial charge in [-0.05, 0) is 32.4 Å². The quantitative estimate of drug-likeness (QED) is 0.826. The lowest BCUT2D eigenvalue weighted by molar-refractivity contribution is 0.209. The molecule has 0 bridgehead atoms. The Labute approximate surface area is 107 Å². The first-order valence-corrected chi connectivity index (χ1v) is 6.81. The highest BCUT2D eigenvalue weighted by Gasteiger charge is 2.19. The van der Waals surface area contributed by atoms with Gasteiger partial charge >= 0.3 is 0 Å². The standard InChI is InChI=1S/C12H19N3OS/c1-4-9(2)16-12-11(13-17-14-12)10-6-5-7-15(3)8-10/h6,9H,4-5,7-8H2,1-3H3. The smallest absolute Gasteiger partial charge is 0.253 e. The molecule has 17 heavy (non-hydrogen) atoms. The molecule has 0 saturated carbocycles. The summed E-state index contributed by atoms with van der Waals surface area (Å²) in [6.45, 7) is 6.22. The van der Waals surface area contributed by atoms with Crippen molar-refractivity contribution in [2.75, 3.05) is 20.1 Å². The van der Waals surface area contributed by atoms with Crippen LogP contribution in [0.25, 0.3) is 5.57 Å². The van der Waals surface area contributed by atoms with Crippen molar-refractivity contribution in [1.82, 2.24) is 13.6 Å². The van der Waals surface area contributed by atoms with Crippen LogP contribution in [0.2, 0.25) is 0 Å². The molecule has 0 saturated heterocycles. The molecule has 1 unspecified atom stereocenters. The van der Waals surface area contributed by atoms with E-state index in [0.29, 0.717) is 5.88 Å². The summed E-state index contributed by atoms with van der Waals surface area (Å²) in [6, 6.07) is 0. The van der Waals surface area contributed by atoms with E-state index in [1.807, 2.05) is 0 Å². The number of nitrogens with zero attached hydrogens (tertiary/aromatic N) is 3. The molecule has 0 amide bonds. The summed E-state index contributed by atoms with van der Waals surface area (Å²) in [5, 5.41) is 0. The van der Waals surface area contributed by atoms with Gasteiger partial charge in [-0.25, -0.2) is 0 Å². The molecule has 0 aliphatic carbocycles. The zero-order chi connectivity index (χ0) is 12.3. The fourth-order valence-electron chi connectivity index (χ4n) is 1.79. The Morgan fingerprint density at radius 2 is 2.35 bits per heavy atom. The molecule has 1 aromatic heterocycles. The SMILES string of the molecule is CCC(C)Oc1nsnc1C1=CCCN(C)C1. The third-order valence-corrected chi connectivity index (χ3v) is 3.50. The summed E-state index contributed by atoms with van der Waals surface area (Å²) in [4.78, 5) is 2.29. The highest BCUT2D eigenvalue weighted by atomic mass is 32.1. The summed E-state index contributed by atoms with van der Waals surface area (Å²) in [5.74, 6) is 0.700. The zero-order valence-corrected chi connectivity index (χ0v) is 11.5. The number of likely N-dealkylation sites (N-methyl/N-ethyl adjacent to an activating group) is 1. The second-order valence-electron chi connectivity index (χ2n) is 4.51. The van der Waals surface area contributed by atoms with Gasteiger partial charge < -0.3 is 9.64 Å². The largest absolute Gasteiger partial charge is 0.472 e. The van der Waals surface area contributed by atoms with Crippen molar-refractivity contribution in [2.45, 2.75) is 32.8 Å². The molecule has 2 rings (SSSR count). The summed E-state index contributed by atoms with van der Waals surface area (Å²) in [7, 11) is 2.13. The summed E-state index contributed by atoms with van der Waals surface area (Å²) in [6.07, 6.45) is 4.50. The first kappa shape index (κ1) is 12.5. The van der Waals surface area contributed by atoms with Crippen LogP contribution in [0.15, 0.2) is 6.08 Å². The number of rotatable bonds is 4. The molecular formula is C12H19N3OS. The molecule has 1 aliphatic heterocycles. The minimum atomic E-state index is 0.194. The Morgan fingerprint density at radius 3 is 3.06 bits per heavy atom. The number of hydrogen-bond donors (Lipinski definition) is 0. The molecule has 5 heteroatoms. The minimum absolute atomic E-state index is 0.194. The second kappa shape index (κ2) is 5.60. The van der Waals surface area contributed by atoms with Gasteiger partial charge in [-0.3, -0.25) is 0 Å². The highest BCUT2D eigenvalue weighted by Crippen LogP contribution is 2.27. The lowest BCUT2D eigenvalue weighted by Gasteiger charge is -2.22. The number of aromatic nitrogens is 2. The number of hydrogen-bond acceptors (Lipinski definition) is 5. The summed E-state index contributed by atoms with van der Waals surface area (Å²) in [5.41, 5.74) is 2.17. The molecule has 0 radical (unpaired) electrons. The van der Waals surface area contributed by atoms with E-state index in [1.165, 1.54) is 17.3 Å². The highest BCUT2D eigenvalue weighted by molar-refractivity contribution is 6.99. The van der Waals surface area contributed by atoms with Gasteiger partial charge in [0.1, 0.15) is 5.69 Å². The van der Waals surface area contributed by atoms with Crippen LogP contribution < -0.4 is 4.74 Å². The zero-order valence-electron chi connectivity index (χ0n) is 10.6. The monoisotopic (exact) mass is 253 g/mol. The molecule has 2 heterocycles. The third-order valence-electron chi connectivity index (χ3n) is 2.99. The first-order valence-electron chi connectivity index (χ1n) is 6.08. The van der Waals surface area contributed by atoms with E-state index in [2.05, 4.69) is 40.6 Å². The van der Waals surface area contributed by atoms with Gasteiger partial charge in [0.15, 0.2) is 0 Å². The Kier molecular flexibility index (Phi) is 4.12. The molecule has 0 spiro atoms. The van der Waals surface area contributed by atoms with Crippen LogP contribution in [0.4, 0.5) is 0 Å². The van der Waals surface area contributed by atoms with Crippen molar-refractivity contribution in [2.24, 2.45) is 0 Å². The maximum atomic E-state index is 5.80. The van der Waals surface area contributed by atoms with E-state index < -0.39 is 0 Å². The van der Waals surface area contributed by atoms with Crippen molar-refractivity contribution >= 4 is 17.3 Å². The van der Waals surface area contributed by atoms with E-state index in [9.17, 15) is 0 Å². The van der Waals surface area contributed by atoms with Gasteiger partial charge in [0.05, 0.1) is 17.8 Å². The van der Waals surface area contributed by atoms with Crippen LogP contribution in [0, 0.1) is 0 Å². The topological polar surface area (TPSA) is 38.3 Å². The molecule has 94 valence electrons. The molecule has 0 aromatic carbocycles. The Bertz CT molecular complexity index is 402. The molecule has 0 N–H and O–H groups in total. The maximum absolute atomic E-state index is 5.80. The Balaban J connectivity index is 2.15. The van der Waals surface area contributed by atoms with Crippen LogP contribution in [-0.4, -0.2) is 39.9 Å². The normalized spacial score (nSPS) is 18.9. The molecule has 1 atom stereocenters. The summed E-state index contributed by atoms with van der Waals surface area (Å²) >= 11 is 1.23. The minimum Gasteiger partial charge on any atom is -0.472 e. The fourth-order valence-corrected chi connectivity index (χ4v) is 2.31.